The first kappa shape index (κ1) is 20.3. The molecule has 1 N–H and O–H groups in total. The highest BCUT2D eigenvalue weighted by Gasteiger charge is 2.46. The largest absolute Gasteiger partial charge is 0.507 e. The number of aliphatic hydroxyl groups is 1. The lowest BCUT2D eigenvalue weighted by molar-refractivity contribution is -0.139. The average Bonchev–Trinajstić information content (AvgIpc) is 3.41. The van der Waals surface area contributed by atoms with Gasteiger partial charge in [-0.15, -0.1) is 0 Å². The van der Waals surface area contributed by atoms with E-state index in [2.05, 4.69) is 9.97 Å². The molecule has 2 aromatic heterocycles. The lowest BCUT2D eigenvalue weighted by Gasteiger charge is -2.25. The molecule has 3 heterocycles. The van der Waals surface area contributed by atoms with Crippen LogP contribution in [-0.2, 0) is 16.1 Å². The number of carbonyl (C=O) groups excluding carboxylic acids is 2. The first-order chi connectivity index (χ1) is 15.1. The highest BCUT2D eigenvalue weighted by atomic mass is 16.5. The molecule has 0 spiro atoms. The maximum Gasteiger partial charge on any atom is 0.295 e. The van der Waals surface area contributed by atoms with Crippen LogP contribution < -0.4 is 4.74 Å². The van der Waals surface area contributed by atoms with Crippen molar-refractivity contribution in [2.45, 2.75) is 19.0 Å². The zero-order valence-electron chi connectivity index (χ0n) is 17.0. The topological polar surface area (TPSA) is 97.6 Å². The molecule has 1 fully saturated rings. The molecule has 8 nitrogen and oxygen atoms in total. The number of likely N-dealkylation sites (tertiary alicyclic amines) is 1. The Bertz CT molecular complexity index is 1110. The van der Waals surface area contributed by atoms with Crippen LogP contribution in [0.4, 0.5) is 0 Å². The van der Waals surface area contributed by atoms with Gasteiger partial charge in [-0.25, -0.2) is 4.98 Å². The summed E-state index contributed by atoms with van der Waals surface area (Å²) >= 11 is 0. The van der Waals surface area contributed by atoms with E-state index >= 15 is 0 Å². The summed E-state index contributed by atoms with van der Waals surface area (Å²) in [6.45, 7) is 0.997. The minimum atomic E-state index is -0.715. The second-order valence-corrected chi connectivity index (χ2v) is 7.13. The molecule has 31 heavy (non-hydrogen) atoms. The minimum Gasteiger partial charge on any atom is -0.507 e. The second-order valence-electron chi connectivity index (χ2n) is 7.13. The number of hydrogen-bond acceptors (Lipinski definition) is 6. The molecule has 1 atom stereocenters. The summed E-state index contributed by atoms with van der Waals surface area (Å²) in [6.07, 6.45) is 9.07. The molecule has 158 valence electrons. The normalized spacial score (nSPS) is 17.8. The molecular formula is C23H22N4O4. The number of hydrogen-bond donors (Lipinski definition) is 1. The molecule has 4 rings (SSSR count). The third kappa shape index (κ3) is 3.92. The van der Waals surface area contributed by atoms with Crippen LogP contribution in [0.3, 0.4) is 0 Å². The van der Waals surface area contributed by atoms with E-state index in [4.69, 9.17) is 4.74 Å². The van der Waals surface area contributed by atoms with Crippen LogP contribution in [0, 0.1) is 0 Å². The molecular weight excluding hydrogens is 396 g/mol. The predicted octanol–water partition coefficient (Wildman–Crippen LogP) is 2.80. The molecule has 1 amide bonds. The molecule has 1 unspecified atom stereocenters. The van der Waals surface area contributed by atoms with Crippen molar-refractivity contribution in [3.63, 3.8) is 0 Å². The zero-order valence-corrected chi connectivity index (χ0v) is 17.0. The number of methoxy groups -OCH3 is 1. The van der Waals surface area contributed by atoms with Crippen molar-refractivity contribution in [1.29, 1.82) is 0 Å². The van der Waals surface area contributed by atoms with Crippen molar-refractivity contribution in [2.75, 3.05) is 13.7 Å². The first-order valence-corrected chi connectivity index (χ1v) is 9.89. The van der Waals surface area contributed by atoms with Crippen molar-refractivity contribution in [2.24, 2.45) is 0 Å². The van der Waals surface area contributed by atoms with E-state index in [1.165, 1.54) is 12.0 Å². The number of carbonyl (C=O) groups is 2. The maximum atomic E-state index is 13.0. The monoisotopic (exact) mass is 418 g/mol. The van der Waals surface area contributed by atoms with Gasteiger partial charge in [-0.05, 0) is 36.2 Å². The van der Waals surface area contributed by atoms with Gasteiger partial charge in [0.25, 0.3) is 11.7 Å². The summed E-state index contributed by atoms with van der Waals surface area (Å²) in [5.41, 5.74) is 1.11. The van der Waals surface area contributed by atoms with Crippen molar-refractivity contribution >= 4 is 17.4 Å². The number of imidazole rings is 1. The Morgan fingerprint density at radius 1 is 1.06 bits per heavy atom. The molecule has 0 aliphatic carbocycles. The number of pyridine rings is 1. The summed E-state index contributed by atoms with van der Waals surface area (Å²) in [6, 6.07) is 9.63. The van der Waals surface area contributed by atoms with E-state index in [1.54, 1.807) is 61.3 Å². The number of ether oxygens (including phenoxy) is 1. The molecule has 1 aromatic carbocycles. The number of para-hydroxylation sites is 1. The number of Topliss-reactive ketones (excluding diaryl/α,β-unsaturated/α-hetero) is 1. The third-order valence-electron chi connectivity index (χ3n) is 5.30. The van der Waals surface area contributed by atoms with E-state index in [9.17, 15) is 14.7 Å². The third-order valence-corrected chi connectivity index (χ3v) is 5.30. The van der Waals surface area contributed by atoms with Gasteiger partial charge >= 0.3 is 0 Å². The Morgan fingerprint density at radius 3 is 2.55 bits per heavy atom. The maximum absolute atomic E-state index is 13.0. The summed E-state index contributed by atoms with van der Waals surface area (Å²) < 4.78 is 7.25. The van der Waals surface area contributed by atoms with E-state index in [0.717, 1.165) is 0 Å². The highest BCUT2D eigenvalue weighted by Crippen LogP contribution is 2.40. The van der Waals surface area contributed by atoms with Crippen molar-refractivity contribution in [1.82, 2.24) is 19.4 Å². The van der Waals surface area contributed by atoms with Gasteiger partial charge in [0, 0.05) is 37.9 Å². The highest BCUT2D eigenvalue weighted by molar-refractivity contribution is 6.46. The van der Waals surface area contributed by atoms with E-state index < -0.39 is 17.7 Å². The van der Waals surface area contributed by atoms with Gasteiger partial charge in [0.05, 0.1) is 30.6 Å². The number of aliphatic hydroxyl groups excluding tert-OH is 1. The molecule has 0 bridgehead atoms. The fourth-order valence-corrected chi connectivity index (χ4v) is 3.83. The minimum absolute atomic E-state index is 0.0448. The molecule has 1 aliphatic rings. The van der Waals surface area contributed by atoms with E-state index in [0.29, 0.717) is 36.4 Å². The van der Waals surface area contributed by atoms with Gasteiger partial charge in [-0.1, -0.05) is 12.1 Å². The standard InChI is InChI=1S/C23H22N4O4/c1-31-18-6-3-2-5-17(18)21(28)19-20(16-7-9-24-10-8-16)27(23(30)22(19)29)13-4-12-26-14-11-25-15-26/h2-3,5-11,14-15,20,28H,4,12-13H2,1H3/b21-19+. The molecule has 0 radical (unpaired) electrons. The van der Waals surface area contributed by atoms with Crippen LogP contribution in [0.1, 0.15) is 23.6 Å². The van der Waals surface area contributed by atoms with Gasteiger partial charge in [-0.3, -0.25) is 14.6 Å². The Hall–Kier alpha value is -3.94. The smallest absolute Gasteiger partial charge is 0.295 e. The lowest BCUT2D eigenvalue weighted by Crippen LogP contribution is -2.31. The summed E-state index contributed by atoms with van der Waals surface area (Å²) in [7, 11) is 1.49. The van der Waals surface area contributed by atoms with Crippen molar-refractivity contribution in [3.8, 4) is 5.75 Å². The number of rotatable bonds is 7. The fourth-order valence-electron chi connectivity index (χ4n) is 3.83. The lowest BCUT2D eigenvalue weighted by atomic mass is 9.95. The number of aryl methyl sites for hydroxylation is 1. The van der Waals surface area contributed by atoms with E-state index in [-0.39, 0.29) is 11.3 Å². The van der Waals surface area contributed by atoms with Gasteiger partial charge in [0.1, 0.15) is 11.5 Å². The van der Waals surface area contributed by atoms with Gasteiger partial charge in [-0.2, -0.15) is 0 Å². The Balaban J connectivity index is 1.74. The Morgan fingerprint density at radius 2 is 1.84 bits per heavy atom. The van der Waals surface area contributed by atoms with Crippen molar-refractivity contribution in [3.05, 3.63) is 84.2 Å². The Kier molecular flexibility index (Phi) is 5.79. The average molecular weight is 418 g/mol. The molecule has 3 aromatic rings. The fraction of sp³-hybridized carbons (Fsp3) is 0.217. The predicted molar refractivity (Wildman–Crippen MR) is 113 cm³/mol. The van der Waals surface area contributed by atoms with Gasteiger partial charge in [0.15, 0.2) is 0 Å². The molecule has 0 saturated carbocycles. The molecule has 1 aliphatic heterocycles. The summed E-state index contributed by atoms with van der Waals surface area (Å²) in [4.78, 5) is 35.5. The molecule has 8 heteroatoms. The van der Waals surface area contributed by atoms with Crippen LogP contribution >= 0.6 is 0 Å². The number of ketones is 1. The Labute approximate surface area is 179 Å². The number of benzene rings is 1. The SMILES string of the molecule is COc1ccccc1/C(O)=C1\C(=O)C(=O)N(CCCn2ccnc2)C1c1ccncc1. The number of amides is 1. The first-order valence-electron chi connectivity index (χ1n) is 9.89. The number of nitrogens with zero attached hydrogens (tertiary/aromatic N) is 4. The van der Waals surface area contributed by atoms with Gasteiger partial charge in [0.2, 0.25) is 0 Å². The van der Waals surface area contributed by atoms with Crippen molar-refractivity contribution < 1.29 is 19.4 Å². The zero-order chi connectivity index (χ0) is 21.8. The van der Waals surface area contributed by atoms with Crippen LogP contribution in [0.5, 0.6) is 5.75 Å². The van der Waals surface area contributed by atoms with Crippen LogP contribution in [0.15, 0.2) is 73.1 Å². The van der Waals surface area contributed by atoms with Crippen LogP contribution in [0.25, 0.3) is 5.76 Å². The van der Waals surface area contributed by atoms with Crippen LogP contribution in [0.2, 0.25) is 0 Å². The summed E-state index contributed by atoms with van der Waals surface area (Å²) in [5.74, 6) is -1.19. The van der Waals surface area contributed by atoms with Gasteiger partial charge < -0.3 is 19.3 Å². The van der Waals surface area contributed by atoms with Crippen LogP contribution in [-0.4, -0.2) is 49.9 Å². The quantitative estimate of drug-likeness (QED) is 0.360. The second kappa shape index (κ2) is 8.83. The summed E-state index contributed by atoms with van der Waals surface area (Å²) in [5, 5.41) is 11.1. The molecule has 1 saturated heterocycles. The van der Waals surface area contributed by atoms with E-state index in [1.807, 2.05) is 10.8 Å². The number of aromatic nitrogens is 3.